The van der Waals surface area contributed by atoms with Crippen LogP contribution < -0.4 is 0 Å². The molecule has 0 heteroatoms. The molecule has 0 fully saturated rings. The first-order valence-corrected chi connectivity index (χ1v) is 5.58. The average molecular weight is 192 g/mol. The highest BCUT2D eigenvalue weighted by Crippen LogP contribution is 2.44. The van der Waals surface area contributed by atoms with Gasteiger partial charge in [-0.2, -0.15) is 0 Å². The number of allylic oxidation sites excluding steroid dienone is 4. The summed E-state index contributed by atoms with van der Waals surface area (Å²) in [7, 11) is 0. The summed E-state index contributed by atoms with van der Waals surface area (Å²) in [4.78, 5) is 0. The lowest BCUT2D eigenvalue weighted by Crippen LogP contribution is -2.34. The Hall–Kier alpha value is -0.520. The van der Waals surface area contributed by atoms with Gasteiger partial charge in [-0.05, 0) is 22.7 Å². The second-order valence-corrected chi connectivity index (χ2v) is 6.55. The van der Waals surface area contributed by atoms with Gasteiger partial charge in [-0.15, -0.1) is 0 Å². The van der Waals surface area contributed by atoms with Gasteiger partial charge in [0.15, 0.2) is 0 Å². The monoisotopic (exact) mass is 192 g/mol. The van der Waals surface area contributed by atoms with Crippen molar-refractivity contribution in [2.75, 3.05) is 0 Å². The van der Waals surface area contributed by atoms with Gasteiger partial charge in [-0.3, -0.25) is 0 Å². The quantitative estimate of drug-likeness (QED) is 0.532. The summed E-state index contributed by atoms with van der Waals surface area (Å²) < 4.78 is 0. The third kappa shape index (κ3) is 2.50. The van der Waals surface area contributed by atoms with Crippen molar-refractivity contribution in [2.45, 2.75) is 41.5 Å². The van der Waals surface area contributed by atoms with Crippen molar-refractivity contribution in [3.05, 3.63) is 24.3 Å². The first kappa shape index (κ1) is 11.6. The molecule has 0 aromatic heterocycles. The topological polar surface area (TPSA) is 0 Å². The Kier molecular flexibility index (Phi) is 2.94. The van der Waals surface area contributed by atoms with Gasteiger partial charge >= 0.3 is 0 Å². The van der Waals surface area contributed by atoms with E-state index >= 15 is 0 Å². The van der Waals surface area contributed by atoms with Crippen LogP contribution in [0.25, 0.3) is 0 Å². The van der Waals surface area contributed by atoms with E-state index < -0.39 is 0 Å². The first-order valence-electron chi connectivity index (χ1n) is 5.58. The van der Waals surface area contributed by atoms with Crippen molar-refractivity contribution in [3.8, 4) is 0 Å². The van der Waals surface area contributed by atoms with Crippen molar-refractivity contribution < 1.29 is 0 Å². The highest BCUT2D eigenvalue weighted by molar-refractivity contribution is 5.18. The van der Waals surface area contributed by atoms with E-state index in [4.69, 9.17) is 0 Å². The van der Waals surface area contributed by atoms with Gasteiger partial charge < -0.3 is 0 Å². The molecule has 0 aliphatic heterocycles. The maximum atomic E-state index is 2.37. The van der Waals surface area contributed by atoms with E-state index in [2.05, 4.69) is 65.8 Å². The van der Waals surface area contributed by atoms with Gasteiger partial charge in [0, 0.05) is 0 Å². The fraction of sp³-hybridized carbons (Fsp3) is 0.714. The zero-order valence-electron chi connectivity index (χ0n) is 10.5. The standard InChI is InChI=1S/C14H24/c1-13(2,3)11-9-7-8-10-12(11)14(4,5)6/h7-12H,1-6H3. The van der Waals surface area contributed by atoms with E-state index in [0.717, 1.165) is 0 Å². The third-order valence-electron chi connectivity index (χ3n) is 3.13. The maximum Gasteiger partial charge on any atom is -0.0114 e. The van der Waals surface area contributed by atoms with Crippen LogP contribution in [0.15, 0.2) is 24.3 Å². The zero-order chi connectivity index (χ0) is 11.0. The van der Waals surface area contributed by atoms with E-state index in [1.165, 1.54) is 0 Å². The zero-order valence-corrected chi connectivity index (χ0v) is 10.5. The molecule has 0 radical (unpaired) electrons. The fourth-order valence-corrected chi connectivity index (χ4v) is 2.26. The molecule has 0 aromatic carbocycles. The van der Waals surface area contributed by atoms with Gasteiger partial charge in [0.1, 0.15) is 0 Å². The summed E-state index contributed by atoms with van der Waals surface area (Å²) in [5, 5.41) is 0. The summed E-state index contributed by atoms with van der Waals surface area (Å²) >= 11 is 0. The minimum Gasteiger partial charge on any atom is -0.0803 e. The Morgan fingerprint density at radius 1 is 0.643 bits per heavy atom. The minimum atomic E-state index is 0.360. The average Bonchev–Trinajstić information content (AvgIpc) is 2.01. The Morgan fingerprint density at radius 2 is 0.929 bits per heavy atom. The summed E-state index contributed by atoms with van der Waals surface area (Å²) in [5.74, 6) is 1.32. The number of hydrogen-bond donors (Lipinski definition) is 0. The molecule has 2 atom stereocenters. The molecule has 14 heavy (non-hydrogen) atoms. The molecule has 0 N–H and O–H groups in total. The summed E-state index contributed by atoms with van der Waals surface area (Å²) in [6.45, 7) is 14.0. The molecule has 0 saturated carbocycles. The van der Waals surface area contributed by atoms with E-state index in [1.807, 2.05) is 0 Å². The van der Waals surface area contributed by atoms with Crippen molar-refractivity contribution in [3.63, 3.8) is 0 Å². The number of hydrogen-bond acceptors (Lipinski definition) is 0. The van der Waals surface area contributed by atoms with Crippen molar-refractivity contribution in [1.82, 2.24) is 0 Å². The van der Waals surface area contributed by atoms with Crippen LogP contribution in [-0.2, 0) is 0 Å². The van der Waals surface area contributed by atoms with Gasteiger partial charge in [0.2, 0.25) is 0 Å². The van der Waals surface area contributed by atoms with Gasteiger partial charge in [-0.1, -0.05) is 65.8 Å². The highest BCUT2D eigenvalue weighted by atomic mass is 14.4. The summed E-state index contributed by atoms with van der Waals surface area (Å²) in [6, 6.07) is 0. The van der Waals surface area contributed by atoms with Gasteiger partial charge in [0.25, 0.3) is 0 Å². The molecule has 0 saturated heterocycles. The van der Waals surface area contributed by atoms with Crippen LogP contribution in [0.1, 0.15) is 41.5 Å². The summed E-state index contributed by atoms with van der Waals surface area (Å²) in [5.41, 5.74) is 0.721. The Labute approximate surface area is 89.1 Å². The van der Waals surface area contributed by atoms with Crippen molar-refractivity contribution >= 4 is 0 Å². The smallest absolute Gasteiger partial charge is 0.0114 e. The molecular weight excluding hydrogens is 168 g/mol. The van der Waals surface area contributed by atoms with Crippen LogP contribution in [0.4, 0.5) is 0 Å². The fourth-order valence-electron chi connectivity index (χ4n) is 2.26. The molecule has 1 rings (SSSR count). The van der Waals surface area contributed by atoms with Crippen LogP contribution in [0, 0.1) is 22.7 Å². The van der Waals surface area contributed by atoms with Crippen LogP contribution in [0.5, 0.6) is 0 Å². The largest absolute Gasteiger partial charge is 0.0803 e. The molecule has 0 aromatic rings. The lowest BCUT2D eigenvalue weighted by atomic mass is 9.63. The molecule has 0 amide bonds. The SMILES string of the molecule is CC(C)(C)C1C=CC=CC1C(C)(C)C. The Bertz CT molecular complexity index is 214. The normalized spacial score (nSPS) is 28.1. The third-order valence-corrected chi connectivity index (χ3v) is 3.13. The molecule has 0 heterocycles. The molecule has 0 spiro atoms. The van der Waals surface area contributed by atoms with Gasteiger partial charge in [-0.25, -0.2) is 0 Å². The van der Waals surface area contributed by atoms with E-state index in [9.17, 15) is 0 Å². The molecular formula is C14H24. The van der Waals surface area contributed by atoms with E-state index in [-0.39, 0.29) is 0 Å². The molecule has 1 aliphatic rings. The van der Waals surface area contributed by atoms with E-state index in [0.29, 0.717) is 22.7 Å². The lowest BCUT2D eigenvalue weighted by molar-refractivity contribution is 0.141. The molecule has 0 nitrogen and oxygen atoms in total. The van der Waals surface area contributed by atoms with Crippen LogP contribution in [-0.4, -0.2) is 0 Å². The Balaban J connectivity index is 2.94. The second kappa shape index (κ2) is 3.56. The molecule has 80 valence electrons. The Morgan fingerprint density at radius 3 is 1.14 bits per heavy atom. The lowest BCUT2D eigenvalue weighted by Gasteiger charge is -2.42. The van der Waals surface area contributed by atoms with E-state index in [1.54, 1.807) is 0 Å². The molecule has 2 unspecified atom stereocenters. The second-order valence-electron chi connectivity index (χ2n) is 6.55. The van der Waals surface area contributed by atoms with Crippen LogP contribution in [0.2, 0.25) is 0 Å². The van der Waals surface area contributed by atoms with Crippen molar-refractivity contribution in [1.29, 1.82) is 0 Å². The van der Waals surface area contributed by atoms with Crippen LogP contribution >= 0.6 is 0 Å². The van der Waals surface area contributed by atoms with Crippen molar-refractivity contribution in [2.24, 2.45) is 22.7 Å². The minimum absolute atomic E-state index is 0.360. The van der Waals surface area contributed by atoms with Gasteiger partial charge in [0.05, 0.1) is 0 Å². The predicted octanol–water partition coefficient (Wildman–Crippen LogP) is 4.44. The maximum absolute atomic E-state index is 2.37. The van der Waals surface area contributed by atoms with Crippen LogP contribution in [0.3, 0.4) is 0 Å². The number of rotatable bonds is 0. The first-order chi connectivity index (χ1) is 6.23. The highest BCUT2D eigenvalue weighted by Gasteiger charge is 2.36. The molecule has 0 bridgehead atoms. The summed E-state index contributed by atoms with van der Waals surface area (Å²) in [6.07, 6.45) is 9.13. The molecule has 1 aliphatic carbocycles. The predicted molar refractivity (Wildman–Crippen MR) is 64.2 cm³/mol.